The number of halogens is 1. The molecule has 0 spiro atoms. The van der Waals surface area contributed by atoms with E-state index in [0.29, 0.717) is 11.3 Å². The Balaban J connectivity index is 2.05. The van der Waals surface area contributed by atoms with Gasteiger partial charge in [-0.05, 0) is 18.2 Å². The van der Waals surface area contributed by atoms with Crippen LogP contribution in [0.25, 0.3) is 11.1 Å². The highest BCUT2D eigenvalue weighted by molar-refractivity contribution is 7.92. The molecule has 0 bridgehead atoms. The van der Waals surface area contributed by atoms with Gasteiger partial charge in [-0.25, -0.2) is 13.2 Å². The van der Waals surface area contributed by atoms with Gasteiger partial charge in [0, 0.05) is 12.1 Å². The molecule has 1 aromatic heterocycles. The first-order chi connectivity index (χ1) is 11.8. The number of ether oxygens (including phenoxy) is 2. The van der Waals surface area contributed by atoms with Gasteiger partial charge in [-0.2, -0.15) is 0 Å². The average Bonchev–Trinajstić information content (AvgIpc) is 2.93. The van der Waals surface area contributed by atoms with Crippen LogP contribution in [0.4, 0.5) is 5.69 Å². The first-order valence-corrected chi connectivity index (χ1v) is 8.77. The third-order valence-electron chi connectivity index (χ3n) is 3.42. The number of H-pyrrole nitrogens is 1. The van der Waals surface area contributed by atoms with Gasteiger partial charge >= 0.3 is 5.76 Å². The fourth-order valence-corrected chi connectivity index (χ4v) is 3.86. The Hall–Kier alpha value is -2.65. The zero-order valence-corrected chi connectivity index (χ0v) is 14.7. The van der Waals surface area contributed by atoms with Crippen LogP contribution in [-0.4, -0.2) is 27.6 Å². The molecule has 3 rings (SSSR count). The second-order valence-electron chi connectivity index (χ2n) is 4.97. The Labute approximate surface area is 147 Å². The minimum atomic E-state index is -4.06. The highest BCUT2D eigenvalue weighted by Crippen LogP contribution is 2.33. The van der Waals surface area contributed by atoms with Crippen molar-refractivity contribution in [1.29, 1.82) is 0 Å². The highest BCUT2D eigenvalue weighted by Gasteiger charge is 2.22. The Kier molecular flexibility index (Phi) is 4.36. The number of aromatic nitrogens is 1. The minimum Gasteiger partial charge on any atom is -0.497 e. The van der Waals surface area contributed by atoms with Gasteiger partial charge in [0.2, 0.25) is 0 Å². The number of oxazole rings is 1. The van der Waals surface area contributed by atoms with Crippen molar-refractivity contribution < 1.29 is 22.3 Å². The summed E-state index contributed by atoms with van der Waals surface area (Å²) in [5.41, 5.74) is 0.586. The molecule has 1 heterocycles. The summed E-state index contributed by atoms with van der Waals surface area (Å²) in [6.45, 7) is 0. The summed E-state index contributed by atoms with van der Waals surface area (Å²) in [5, 5.41) is -0.0653. The van der Waals surface area contributed by atoms with Crippen LogP contribution in [-0.2, 0) is 10.0 Å². The van der Waals surface area contributed by atoms with E-state index in [-0.39, 0.29) is 26.9 Å². The van der Waals surface area contributed by atoms with Crippen LogP contribution in [0.2, 0.25) is 5.02 Å². The maximum Gasteiger partial charge on any atom is 0.417 e. The topological polar surface area (TPSA) is 111 Å². The number of methoxy groups -OCH3 is 2. The molecule has 2 aromatic carbocycles. The summed E-state index contributed by atoms with van der Waals surface area (Å²) in [7, 11) is -1.17. The number of sulfonamides is 1. The number of rotatable bonds is 5. The summed E-state index contributed by atoms with van der Waals surface area (Å²) in [6, 6.07) is 7.10. The maximum absolute atomic E-state index is 12.7. The number of benzene rings is 2. The Bertz CT molecular complexity index is 1100. The number of hydrogen-bond donors (Lipinski definition) is 2. The van der Waals surface area contributed by atoms with Crippen molar-refractivity contribution in [3.63, 3.8) is 0 Å². The number of anilines is 1. The van der Waals surface area contributed by atoms with Crippen LogP contribution in [0.3, 0.4) is 0 Å². The number of aromatic amines is 1. The fraction of sp³-hybridized carbons (Fsp3) is 0.133. The van der Waals surface area contributed by atoms with E-state index in [9.17, 15) is 13.2 Å². The van der Waals surface area contributed by atoms with Gasteiger partial charge in [0.1, 0.15) is 16.4 Å². The zero-order chi connectivity index (χ0) is 18.2. The molecule has 0 saturated carbocycles. The summed E-state index contributed by atoms with van der Waals surface area (Å²) in [4.78, 5) is 13.4. The smallest absolute Gasteiger partial charge is 0.417 e. The second kappa shape index (κ2) is 6.34. The SMILES string of the molecule is COc1ccc(NS(=O)(=O)c2cc3oc(=O)[nH]c3cc2Cl)c(OC)c1. The number of fused-ring (bicyclic) bond motifs is 1. The summed E-state index contributed by atoms with van der Waals surface area (Å²) in [5.74, 6) is 0.0760. The van der Waals surface area contributed by atoms with Crippen LogP contribution in [0.5, 0.6) is 11.5 Å². The Morgan fingerprint density at radius 2 is 1.92 bits per heavy atom. The number of hydrogen-bond acceptors (Lipinski definition) is 6. The van der Waals surface area contributed by atoms with Crippen LogP contribution in [0.1, 0.15) is 0 Å². The van der Waals surface area contributed by atoms with Crippen LogP contribution in [0.15, 0.2) is 44.4 Å². The average molecular weight is 385 g/mol. The second-order valence-corrected chi connectivity index (χ2v) is 7.02. The molecule has 0 aliphatic rings. The normalized spacial score (nSPS) is 11.5. The van der Waals surface area contributed by atoms with Gasteiger partial charge in [0.15, 0.2) is 5.58 Å². The zero-order valence-electron chi connectivity index (χ0n) is 13.1. The van der Waals surface area contributed by atoms with Gasteiger partial charge in [-0.1, -0.05) is 11.6 Å². The van der Waals surface area contributed by atoms with Crippen molar-refractivity contribution in [1.82, 2.24) is 4.98 Å². The van der Waals surface area contributed by atoms with Gasteiger partial charge in [0.25, 0.3) is 10.0 Å². The Morgan fingerprint density at radius 1 is 1.16 bits per heavy atom. The lowest BCUT2D eigenvalue weighted by Crippen LogP contribution is -2.14. The van der Waals surface area contributed by atoms with E-state index in [1.807, 2.05) is 0 Å². The third kappa shape index (κ3) is 3.28. The lowest BCUT2D eigenvalue weighted by Gasteiger charge is -2.13. The highest BCUT2D eigenvalue weighted by atomic mass is 35.5. The molecule has 0 saturated heterocycles. The lowest BCUT2D eigenvalue weighted by atomic mass is 10.3. The van der Waals surface area contributed by atoms with E-state index in [0.717, 1.165) is 0 Å². The molecule has 25 heavy (non-hydrogen) atoms. The van der Waals surface area contributed by atoms with Crippen molar-refractivity contribution in [2.75, 3.05) is 18.9 Å². The van der Waals surface area contributed by atoms with E-state index in [2.05, 4.69) is 9.71 Å². The fourth-order valence-electron chi connectivity index (χ4n) is 2.24. The monoisotopic (exact) mass is 384 g/mol. The molecule has 0 unspecified atom stereocenters. The Morgan fingerprint density at radius 3 is 2.60 bits per heavy atom. The first-order valence-electron chi connectivity index (χ1n) is 6.91. The van der Waals surface area contributed by atoms with E-state index in [1.54, 1.807) is 6.07 Å². The molecule has 0 aliphatic heterocycles. The summed E-state index contributed by atoms with van der Waals surface area (Å²) < 4.78 is 42.9. The molecule has 0 aliphatic carbocycles. The van der Waals surface area contributed by atoms with Crippen molar-refractivity contribution in [2.45, 2.75) is 4.90 Å². The number of nitrogens with one attached hydrogen (secondary N) is 2. The van der Waals surface area contributed by atoms with E-state index >= 15 is 0 Å². The molecule has 2 N–H and O–H groups in total. The van der Waals surface area contributed by atoms with Crippen molar-refractivity contribution in [3.05, 3.63) is 45.9 Å². The lowest BCUT2D eigenvalue weighted by molar-refractivity contribution is 0.395. The molecular weight excluding hydrogens is 372 g/mol. The van der Waals surface area contributed by atoms with Gasteiger partial charge in [-0.3, -0.25) is 9.71 Å². The predicted molar refractivity (Wildman–Crippen MR) is 92.2 cm³/mol. The quantitative estimate of drug-likeness (QED) is 0.699. The minimum absolute atomic E-state index is 0.0653. The molecular formula is C15H13ClN2O6S. The van der Waals surface area contributed by atoms with E-state index in [4.69, 9.17) is 25.5 Å². The van der Waals surface area contributed by atoms with Crippen LogP contribution < -0.4 is 20.0 Å². The largest absolute Gasteiger partial charge is 0.497 e. The molecule has 0 radical (unpaired) electrons. The van der Waals surface area contributed by atoms with Crippen molar-refractivity contribution in [2.24, 2.45) is 0 Å². The van der Waals surface area contributed by atoms with Gasteiger partial charge in [-0.15, -0.1) is 0 Å². The van der Waals surface area contributed by atoms with Gasteiger partial charge in [0.05, 0.1) is 30.4 Å². The summed E-state index contributed by atoms with van der Waals surface area (Å²) >= 11 is 6.05. The molecule has 3 aromatic rings. The maximum atomic E-state index is 12.7. The van der Waals surface area contributed by atoms with E-state index in [1.165, 1.54) is 38.5 Å². The summed E-state index contributed by atoms with van der Waals surface area (Å²) in [6.07, 6.45) is 0. The predicted octanol–water partition coefficient (Wildman–Crippen LogP) is 2.59. The van der Waals surface area contributed by atoms with Crippen LogP contribution in [0, 0.1) is 0 Å². The first kappa shape index (κ1) is 17.2. The molecule has 0 amide bonds. The van der Waals surface area contributed by atoms with Gasteiger partial charge < -0.3 is 13.9 Å². The molecule has 0 fully saturated rings. The standard InChI is InChI=1S/C15H13ClN2O6S/c1-22-8-3-4-10(12(5-8)23-2)18-25(20,21)14-7-13-11(6-9(14)16)17-15(19)24-13/h3-7,18H,1-2H3,(H,17,19). The van der Waals surface area contributed by atoms with Crippen molar-refractivity contribution in [3.8, 4) is 11.5 Å². The van der Waals surface area contributed by atoms with Crippen molar-refractivity contribution >= 4 is 38.4 Å². The molecule has 132 valence electrons. The van der Waals surface area contributed by atoms with E-state index < -0.39 is 15.8 Å². The van der Waals surface area contributed by atoms with Crippen LogP contribution >= 0.6 is 11.6 Å². The molecule has 10 heteroatoms. The third-order valence-corrected chi connectivity index (χ3v) is 5.25. The molecule has 0 atom stereocenters. The molecule has 8 nitrogen and oxygen atoms in total.